The lowest BCUT2D eigenvalue weighted by molar-refractivity contribution is -0.0328. The lowest BCUT2D eigenvalue weighted by atomic mass is 10.1. The molecule has 1 nitrogen and oxygen atoms in total. The Balaban J connectivity index is 2.98. The summed E-state index contributed by atoms with van der Waals surface area (Å²) in [6.07, 6.45) is 0.262. The van der Waals surface area contributed by atoms with E-state index in [4.69, 9.17) is 0 Å². The minimum Gasteiger partial charge on any atom is -0.294 e. The predicted molar refractivity (Wildman–Crippen MR) is 68.8 cm³/mol. The van der Waals surface area contributed by atoms with Crippen LogP contribution < -0.4 is 0 Å². The van der Waals surface area contributed by atoms with Gasteiger partial charge in [0.05, 0.1) is 0 Å². The molecule has 0 aromatic heterocycles. The maximum Gasteiger partial charge on any atom is 0.446 e. The normalized spacial score (nSPS) is 11.6. The molecule has 0 unspecified atom stereocenters. The van der Waals surface area contributed by atoms with E-state index in [0.717, 1.165) is 0 Å². The second-order valence-electron chi connectivity index (χ2n) is 3.06. The molecular formula is C10H7Br2F3OS. The highest BCUT2D eigenvalue weighted by Gasteiger charge is 2.30. The monoisotopic (exact) mass is 390 g/mol. The highest BCUT2D eigenvalue weighted by Crippen LogP contribution is 2.40. The number of rotatable bonds is 4. The molecule has 0 saturated heterocycles. The fourth-order valence-electron chi connectivity index (χ4n) is 1.11. The summed E-state index contributed by atoms with van der Waals surface area (Å²) < 4.78 is 37.1. The lowest BCUT2D eigenvalue weighted by Crippen LogP contribution is -2.02. The van der Waals surface area contributed by atoms with Gasteiger partial charge >= 0.3 is 5.51 Å². The molecule has 17 heavy (non-hydrogen) atoms. The van der Waals surface area contributed by atoms with E-state index in [1.54, 1.807) is 0 Å². The molecule has 0 heterocycles. The Morgan fingerprint density at radius 3 is 2.53 bits per heavy atom. The molecular weight excluding hydrogens is 385 g/mol. The van der Waals surface area contributed by atoms with Crippen molar-refractivity contribution >= 4 is 49.4 Å². The molecule has 1 aromatic rings. The summed E-state index contributed by atoms with van der Waals surface area (Å²) in [5, 5.41) is 0.490. The molecule has 7 heteroatoms. The van der Waals surface area contributed by atoms with Gasteiger partial charge in [-0.25, -0.2) is 0 Å². The molecule has 0 saturated carbocycles. The summed E-state index contributed by atoms with van der Waals surface area (Å²) in [4.78, 5) is 11.5. The number of halogens is 5. The van der Waals surface area contributed by atoms with Crippen molar-refractivity contribution < 1.29 is 18.0 Å². The fraction of sp³-hybridized carbons (Fsp3) is 0.300. The summed E-state index contributed by atoms with van der Waals surface area (Å²) in [5.74, 6) is -0.182. The summed E-state index contributed by atoms with van der Waals surface area (Å²) in [6.45, 7) is 0. The Labute approximate surface area is 117 Å². The van der Waals surface area contributed by atoms with Crippen LogP contribution in [0.3, 0.4) is 0 Å². The Kier molecular flexibility index (Phi) is 5.53. The Morgan fingerprint density at radius 1 is 1.35 bits per heavy atom. The number of thioether (sulfide) groups is 1. The van der Waals surface area contributed by atoms with E-state index in [2.05, 4.69) is 31.9 Å². The van der Waals surface area contributed by atoms with Crippen LogP contribution >= 0.6 is 43.6 Å². The second kappa shape index (κ2) is 6.24. The standard InChI is InChI=1S/C10H7Br2F3OS/c11-4-3-8(16)6-1-2-7(12)9(5-6)17-10(13,14)15/h1-2,5H,3-4H2. The highest BCUT2D eigenvalue weighted by atomic mass is 79.9. The third kappa shape index (κ3) is 5.01. The zero-order valence-electron chi connectivity index (χ0n) is 8.35. The number of benzene rings is 1. The maximum absolute atomic E-state index is 12.3. The van der Waals surface area contributed by atoms with Crippen molar-refractivity contribution in [2.75, 3.05) is 5.33 Å². The number of carbonyl (C=O) groups excluding carboxylic acids is 1. The van der Waals surface area contributed by atoms with Crippen LogP contribution in [-0.2, 0) is 0 Å². The van der Waals surface area contributed by atoms with Gasteiger partial charge in [0.1, 0.15) is 0 Å². The number of carbonyl (C=O) groups is 1. The van der Waals surface area contributed by atoms with Crippen LogP contribution in [0.15, 0.2) is 27.6 Å². The average Bonchev–Trinajstić information content (AvgIpc) is 2.19. The van der Waals surface area contributed by atoms with E-state index < -0.39 is 5.51 Å². The van der Waals surface area contributed by atoms with Crippen molar-refractivity contribution in [2.24, 2.45) is 0 Å². The molecule has 94 valence electrons. The number of hydrogen-bond acceptors (Lipinski definition) is 2. The molecule has 0 aliphatic heterocycles. The minimum atomic E-state index is -4.36. The first-order chi connectivity index (χ1) is 7.83. The highest BCUT2D eigenvalue weighted by molar-refractivity contribution is 9.10. The SMILES string of the molecule is O=C(CCBr)c1ccc(Br)c(SC(F)(F)F)c1. The summed E-state index contributed by atoms with van der Waals surface area (Å²) >= 11 is 5.91. The molecule has 0 aliphatic carbocycles. The Hall–Kier alpha value is -0.0100. The zero-order chi connectivity index (χ0) is 13.1. The predicted octanol–water partition coefficient (Wildman–Crippen LogP) is 5.03. The largest absolute Gasteiger partial charge is 0.446 e. The first kappa shape index (κ1) is 15.0. The number of ketones is 1. The molecule has 0 N–H and O–H groups in total. The third-order valence-corrected chi connectivity index (χ3v) is 3.94. The molecule has 0 spiro atoms. The average molecular weight is 392 g/mol. The topological polar surface area (TPSA) is 17.1 Å². The molecule has 0 bridgehead atoms. The van der Waals surface area contributed by atoms with Gasteiger partial charge in [0.15, 0.2) is 5.78 Å². The van der Waals surface area contributed by atoms with Gasteiger partial charge in [0.25, 0.3) is 0 Å². The van der Waals surface area contributed by atoms with Gasteiger partial charge in [-0.2, -0.15) is 13.2 Å². The van der Waals surface area contributed by atoms with Crippen LogP contribution in [0.2, 0.25) is 0 Å². The third-order valence-electron chi connectivity index (χ3n) is 1.80. The molecule has 0 atom stereocenters. The van der Waals surface area contributed by atoms with Gasteiger partial charge in [-0.1, -0.05) is 22.0 Å². The van der Waals surface area contributed by atoms with Gasteiger partial charge < -0.3 is 0 Å². The second-order valence-corrected chi connectivity index (χ2v) is 5.81. The first-order valence-corrected chi connectivity index (χ1v) is 7.21. The molecule has 1 rings (SSSR count). The number of hydrogen-bond donors (Lipinski definition) is 0. The van der Waals surface area contributed by atoms with Gasteiger partial charge in [-0.3, -0.25) is 4.79 Å². The summed E-state index contributed by atoms with van der Waals surface area (Å²) in [6, 6.07) is 4.22. The van der Waals surface area contributed by atoms with Crippen LogP contribution in [0, 0.1) is 0 Å². The van der Waals surface area contributed by atoms with Gasteiger partial charge in [0.2, 0.25) is 0 Å². The van der Waals surface area contributed by atoms with E-state index in [1.807, 2.05) is 0 Å². The van der Waals surface area contributed by atoms with Crippen molar-refractivity contribution in [1.29, 1.82) is 0 Å². The lowest BCUT2D eigenvalue weighted by Gasteiger charge is -2.09. The van der Waals surface area contributed by atoms with E-state index in [-0.39, 0.29) is 28.9 Å². The van der Waals surface area contributed by atoms with Crippen molar-refractivity contribution in [3.8, 4) is 0 Å². The van der Waals surface area contributed by atoms with E-state index >= 15 is 0 Å². The Bertz CT molecular complexity index is 421. The van der Waals surface area contributed by atoms with Gasteiger partial charge in [-0.05, 0) is 39.8 Å². The van der Waals surface area contributed by atoms with E-state index in [1.165, 1.54) is 18.2 Å². The van der Waals surface area contributed by atoms with Crippen LogP contribution in [0.25, 0.3) is 0 Å². The minimum absolute atomic E-state index is 0.00192. The quantitative estimate of drug-likeness (QED) is 0.406. The van der Waals surface area contributed by atoms with Crippen molar-refractivity contribution in [3.05, 3.63) is 28.2 Å². The zero-order valence-corrected chi connectivity index (χ0v) is 12.3. The molecule has 0 radical (unpaired) electrons. The summed E-state index contributed by atoms with van der Waals surface area (Å²) in [5.41, 5.74) is -4.07. The van der Waals surface area contributed by atoms with Crippen molar-refractivity contribution in [1.82, 2.24) is 0 Å². The van der Waals surface area contributed by atoms with Crippen molar-refractivity contribution in [3.63, 3.8) is 0 Å². The van der Waals surface area contributed by atoms with Crippen LogP contribution in [0.1, 0.15) is 16.8 Å². The number of alkyl halides is 4. The molecule has 0 amide bonds. The molecule has 0 fully saturated rings. The maximum atomic E-state index is 12.3. The van der Waals surface area contributed by atoms with E-state index in [0.29, 0.717) is 15.4 Å². The molecule has 1 aromatic carbocycles. The van der Waals surface area contributed by atoms with Gasteiger partial charge in [-0.15, -0.1) is 0 Å². The fourth-order valence-corrected chi connectivity index (χ4v) is 2.56. The van der Waals surface area contributed by atoms with Crippen LogP contribution in [-0.4, -0.2) is 16.6 Å². The smallest absolute Gasteiger partial charge is 0.294 e. The number of Topliss-reactive ketones (excluding diaryl/α,β-unsaturated/α-hetero) is 1. The van der Waals surface area contributed by atoms with Crippen LogP contribution in [0.4, 0.5) is 13.2 Å². The van der Waals surface area contributed by atoms with E-state index in [9.17, 15) is 18.0 Å². The first-order valence-electron chi connectivity index (χ1n) is 4.48. The molecule has 0 aliphatic rings. The Morgan fingerprint density at radius 2 is 2.00 bits per heavy atom. The summed E-state index contributed by atoms with van der Waals surface area (Å²) in [7, 11) is 0. The van der Waals surface area contributed by atoms with Crippen molar-refractivity contribution in [2.45, 2.75) is 16.8 Å². The van der Waals surface area contributed by atoms with Gasteiger partial charge in [0, 0.05) is 26.7 Å². The van der Waals surface area contributed by atoms with Crippen LogP contribution in [0.5, 0.6) is 0 Å².